The fraction of sp³-hybridized carbons (Fsp3) is 0.387. The van der Waals surface area contributed by atoms with Gasteiger partial charge in [0.15, 0.2) is 5.82 Å². The second-order valence-corrected chi connectivity index (χ2v) is 12.6. The van der Waals surface area contributed by atoms with Gasteiger partial charge in [-0.25, -0.2) is 14.8 Å². The molecule has 1 heterocycles. The van der Waals surface area contributed by atoms with Crippen LogP contribution in [0.1, 0.15) is 82.4 Å². The SMILES string of the molecule is C[C@@H](NC(=O)C[C@H](NC(=O)c1ccc(C(C)(C)C)cc1)c1ccc(-c2ncc(Br)cn2)cc1)C(=O)OC(C)(C)C. The maximum Gasteiger partial charge on any atom is 0.328 e. The third-order valence-corrected chi connectivity index (χ3v) is 6.45. The number of rotatable bonds is 8. The summed E-state index contributed by atoms with van der Waals surface area (Å²) in [4.78, 5) is 47.3. The lowest BCUT2D eigenvalue weighted by molar-refractivity contribution is -0.158. The van der Waals surface area contributed by atoms with Crippen LogP contribution in [-0.2, 0) is 19.7 Å². The highest BCUT2D eigenvalue weighted by Gasteiger charge is 2.26. The maximum atomic E-state index is 13.2. The minimum absolute atomic E-state index is 0.0409. The van der Waals surface area contributed by atoms with E-state index < -0.39 is 29.6 Å². The number of hydrogen-bond acceptors (Lipinski definition) is 6. The van der Waals surface area contributed by atoms with E-state index in [-0.39, 0.29) is 17.7 Å². The van der Waals surface area contributed by atoms with E-state index >= 15 is 0 Å². The van der Waals surface area contributed by atoms with E-state index in [0.29, 0.717) is 11.4 Å². The van der Waals surface area contributed by atoms with Crippen molar-refractivity contribution in [3.8, 4) is 11.4 Å². The van der Waals surface area contributed by atoms with Gasteiger partial charge in [-0.2, -0.15) is 0 Å². The highest BCUT2D eigenvalue weighted by atomic mass is 79.9. The van der Waals surface area contributed by atoms with Crippen molar-refractivity contribution in [1.29, 1.82) is 0 Å². The van der Waals surface area contributed by atoms with Crippen LogP contribution in [0, 0.1) is 0 Å². The molecule has 0 aliphatic heterocycles. The van der Waals surface area contributed by atoms with Crippen LogP contribution >= 0.6 is 15.9 Å². The average molecular weight is 610 g/mol. The van der Waals surface area contributed by atoms with Gasteiger partial charge in [0.25, 0.3) is 5.91 Å². The molecule has 3 aromatic rings. The van der Waals surface area contributed by atoms with Crippen molar-refractivity contribution in [2.45, 2.75) is 78.0 Å². The zero-order chi connectivity index (χ0) is 29.7. The number of nitrogens with one attached hydrogen (secondary N) is 2. The van der Waals surface area contributed by atoms with Crippen LogP contribution in [0.3, 0.4) is 0 Å². The van der Waals surface area contributed by atoms with Crippen molar-refractivity contribution in [3.05, 3.63) is 82.1 Å². The number of amides is 2. The van der Waals surface area contributed by atoms with E-state index in [1.807, 2.05) is 36.4 Å². The van der Waals surface area contributed by atoms with Gasteiger partial charge < -0.3 is 15.4 Å². The Morgan fingerprint density at radius 3 is 1.98 bits per heavy atom. The van der Waals surface area contributed by atoms with E-state index in [1.165, 1.54) is 0 Å². The second-order valence-electron chi connectivity index (χ2n) is 11.7. The minimum Gasteiger partial charge on any atom is -0.458 e. The van der Waals surface area contributed by atoms with Gasteiger partial charge in [0, 0.05) is 23.5 Å². The van der Waals surface area contributed by atoms with Crippen molar-refractivity contribution < 1.29 is 19.1 Å². The van der Waals surface area contributed by atoms with Gasteiger partial charge in [0.05, 0.1) is 16.9 Å². The van der Waals surface area contributed by atoms with Gasteiger partial charge in [-0.1, -0.05) is 57.2 Å². The van der Waals surface area contributed by atoms with E-state index in [4.69, 9.17) is 4.74 Å². The molecule has 2 atom stereocenters. The molecule has 0 radical (unpaired) electrons. The molecule has 2 amide bonds. The number of benzene rings is 2. The lowest BCUT2D eigenvalue weighted by atomic mass is 9.86. The zero-order valence-corrected chi connectivity index (χ0v) is 25.6. The van der Waals surface area contributed by atoms with E-state index in [2.05, 4.69) is 57.3 Å². The molecule has 0 aliphatic rings. The number of esters is 1. The summed E-state index contributed by atoms with van der Waals surface area (Å²) in [5.74, 6) is -0.678. The molecule has 0 bridgehead atoms. The molecule has 8 nitrogen and oxygen atoms in total. The quantitative estimate of drug-likeness (QED) is 0.307. The molecule has 2 N–H and O–H groups in total. The largest absolute Gasteiger partial charge is 0.458 e. The van der Waals surface area contributed by atoms with Crippen LogP contribution in [0.25, 0.3) is 11.4 Å². The number of halogens is 1. The van der Waals surface area contributed by atoms with E-state index in [1.54, 1.807) is 52.2 Å². The summed E-state index contributed by atoms with van der Waals surface area (Å²) < 4.78 is 6.15. The number of ether oxygens (including phenoxy) is 1. The summed E-state index contributed by atoms with van der Waals surface area (Å²) in [5, 5.41) is 5.69. The first-order valence-corrected chi connectivity index (χ1v) is 13.9. The third kappa shape index (κ3) is 8.98. The Labute approximate surface area is 244 Å². The molecule has 2 aromatic carbocycles. The number of carbonyl (C=O) groups excluding carboxylic acids is 3. The Bertz CT molecular complexity index is 1330. The van der Waals surface area contributed by atoms with Crippen LogP contribution in [0.5, 0.6) is 0 Å². The van der Waals surface area contributed by atoms with Crippen LogP contribution in [-0.4, -0.2) is 39.4 Å². The van der Waals surface area contributed by atoms with Gasteiger partial charge >= 0.3 is 5.97 Å². The molecule has 0 aliphatic carbocycles. The number of hydrogen-bond donors (Lipinski definition) is 2. The summed E-state index contributed by atoms with van der Waals surface area (Å²) in [6.07, 6.45) is 3.26. The number of nitrogens with zero attached hydrogens (tertiary/aromatic N) is 2. The minimum atomic E-state index is -0.843. The lowest BCUT2D eigenvalue weighted by Crippen LogP contribution is -2.43. The normalized spacial score (nSPS) is 13.2. The molecule has 9 heteroatoms. The zero-order valence-electron chi connectivity index (χ0n) is 24.0. The van der Waals surface area contributed by atoms with Gasteiger partial charge in [-0.15, -0.1) is 0 Å². The highest BCUT2D eigenvalue weighted by Crippen LogP contribution is 2.25. The molecule has 3 rings (SSSR count). The first-order valence-electron chi connectivity index (χ1n) is 13.1. The summed E-state index contributed by atoms with van der Waals surface area (Å²) >= 11 is 3.33. The monoisotopic (exact) mass is 608 g/mol. The van der Waals surface area contributed by atoms with Crippen LogP contribution in [0.2, 0.25) is 0 Å². The van der Waals surface area contributed by atoms with Crippen molar-refractivity contribution in [2.75, 3.05) is 0 Å². The fourth-order valence-corrected chi connectivity index (χ4v) is 4.08. The van der Waals surface area contributed by atoms with Crippen LogP contribution < -0.4 is 10.6 Å². The second kappa shape index (κ2) is 12.7. The molecule has 0 unspecified atom stereocenters. The van der Waals surface area contributed by atoms with E-state index in [0.717, 1.165) is 21.2 Å². The topological polar surface area (TPSA) is 110 Å². The van der Waals surface area contributed by atoms with Gasteiger partial charge in [0.2, 0.25) is 5.91 Å². The molecule has 212 valence electrons. The molecule has 0 saturated carbocycles. The third-order valence-electron chi connectivity index (χ3n) is 6.04. The Balaban J connectivity index is 1.81. The first-order chi connectivity index (χ1) is 18.6. The summed E-state index contributed by atoms with van der Waals surface area (Å²) in [5.41, 5.74) is 2.40. The standard InChI is InChI=1S/C31H37BrN4O4/c1-19(29(39)40-31(5,6)7)35-26(37)16-25(36-28(38)22-12-14-23(15-13-22)30(2,3)4)20-8-10-21(11-9-20)27-33-17-24(32)18-34-27/h8-15,17-19,25H,16H2,1-7H3,(H,35,37)(H,36,38)/t19-,25+/m1/s1. The van der Waals surface area contributed by atoms with E-state index in [9.17, 15) is 14.4 Å². The summed E-state index contributed by atoms with van der Waals surface area (Å²) in [7, 11) is 0. The smallest absolute Gasteiger partial charge is 0.328 e. The number of carbonyl (C=O) groups is 3. The van der Waals surface area contributed by atoms with Gasteiger partial charge in [-0.05, 0) is 72.3 Å². The Hall–Kier alpha value is -3.59. The maximum absolute atomic E-state index is 13.2. The predicted octanol–water partition coefficient (Wildman–Crippen LogP) is 5.91. The molecule has 0 spiro atoms. The molecule has 0 saturated heterocycles. The van der Waals surface area contributed by atoms with Crippen molar-refractivity contribution in [3.63, 3.8) is 0 Å². The summed E-state index contributed by atoms with van der Waals surface area (Å²) in [6.45, 7) is 13.2. The van der Waals surface area contributed by atoms with Crippen LogP contribution in [0.4, 0.5) is 0 Å². The van der Waals surface area contributed by atoms with Crippen molar-refractivity contribution in [1.82, 2.24) is 20.6 Å². The molecule has 0 fully saturated rings. The fourth-order valence-electron chi connectivity index (χ4n) is 3.88. The van der Waals surface area contributed by atoms with Crippen molar-refractivity contribution in [2.24, 2.45) is 0 Å². The Morgan fingerprint density at radius 1 is 0.875 bits per heavy atom. The van der Waals surface area contributed by atoms with Gasteiger partial charge in [0.1, 0.15) is 11.6 Å². The highest BCUT2D eigenvalue weighted by molar-refractivity contribution is 9.10. The lowest BCUT2D eigenvalue weighted by Gasteiger charge is -2.24. The van der Waals surface area contributed by atoms with Crippen LogP contribution in [0.15, 0.2) is 65.4 Å². The summed E-state index contributed by atoms with van der Waals surface area (Å²) in [6, 6.07) is 13.3. The molecule has 40 heavy (non-hydrogen) atoms. The van der Waals surface area contributed by atoms with Gasteiger partial charge in [-0.3, -0.25) is 9.59 Å². The Morgan fingerprint density at radius 2 is 1.45 bits per heavy atom. The molecule has 1 aromatic heterocycles. The molecular weight excluding hydrogens is 572 g/mol. The first kappa shape index (κ1) is 30.9. The number of aromatic nitrogens is 2. The molecular formula is C31H37BrN4O4. The average Bonchev–Trinajstić information content (AvgIpc) is 2.87. The Kier molecular flexibility index (Phi) is 9.84. The predicted molar refractivity (Wildman–Crippen MR) is 159 cm³/mol. The van der Waals surface area contributed by atoms with Crippen molar-refractivity contribution >= 4 is 33.7 Å².